The molecule has 1 heterocycles. The average Bonchev–Trinajstić information content (AvgIpc) is 2.88. The molecule has 19 heavy (non-hydrogen) atoms. The minimum atomic E-state index is 0.133. The number of anilines is 1. The van der Waals surface area contributed by atoms with E-state index in [9.17, 15) is 4.79 Å². The first-order valence-electron chi connectivity index (χ1n) is 6.09. The van der Waals surface area contributed by atoms with Crippen LogP contribution in [-0.4, -0.2) is 17.9 Å². The molecule has 100 valence electrons. The lowest BCUT2D eigenvalue weighted by atomic mass is 10.2. The summed E-state index contributed by atoms with van der Waals surface area (Å²) in [6.45, 7) is 1.99. The summed E-state index contributed by atoms with van der Waals surface area (Å²) in [7, 11) is 1.58. The number of rotatable bonds is 5. The van der Waals surface area contributed by atoms with Crippen LogP contribution in [0.1, 0.15) is 29.4 Å². The first kappa shape index (κ1) is 13.5. The van der Waals surface area contributed by atoms with E-state index in [0.717, 1.165) is 17.0 Å². The highest BCUT2D eigenvalue weighted by molar-refractivity contribution is 7.17. The van der Waals surface area contributed by atoms with Crippen LogP contribution in [0.3, 0.4) is 0 Å². The fraction of sp³-hybridized carbons (Fsp3) is 0.286. The molecule has 0 spiro atoms. The van der Waals surface area contributed by atoms with Crippen molar-refractivity contribution in [2.45, 2.75) is 19.8 Å². The predicted molar refractivity (Wildman–Crippen MR) is 77.8 cm³/mol. The van der Waals surface area contributed by atoms with Crippen LogP contribution in [0.25, 0.3) is 10.6 Å². The van der Waals surface area contributed by atoms with Crippen LogP contribution in [0.5, 0.6) is 5.75 Å². The number of aromatic nitrogens is 1. The Hall–Kier alpha value is -1.88. The number of hydrogen-bond donors (Lipinski definition) is 1. The van der Waals surface area contributed by atoms with Gasteiger partial charge >= 0.3 is 0 Å². The number of Topliss-reactive ketones (excluding diaryl/α,β-unsaturated/α-hetero) is 1. The van der Waals surface area contributed by atoms with E-state index in [1.165, 1.54) is 11.3 Å². The van der Waals surface area contributed by atoms with Crippen molar-refractivity contribution in [3.05, 3.63) is 29.3 Å². The molecule has 2 N–H and O–H groups in total. The van der Waals surface area contributed by atoms with Gasteiger partial charge in [0.2, 0.25) is 0 Å². The van der Waals surface area contributed by atoms with Crippen LogP contribution in [0.2, 0.25) is 0 Å². The van der Waals surface area contributed by atoms with Gasteiger partial charge in [0.05, 0.1) is 23.2 Å². The van der Waals surface area contributed by atoms with Gasteiger partial charge in [-0.15, -0.1) is 11.3 Å². The van der Waals surface area contributed by atoms with Crippen LogP contribution in [-0.2, 0) is 0 Å². The lowest BCUT2D eigenvalue weighted by Crippen LogP contribution is -1.94. The van der Waals surface area contributed by atoms with E-state index in [1.54, 1.807) is 19.4 Å². The van der Waals surface area contributed by atoms with Gasteiger partial charge in [0.15, 0.2) is 11.5 Å². The molecule has 0 amide bonds. The van der Waals surface area contributed by atoms with E-state index in [1.807, 2.05) is 19.1 Å². The number of hydrogen-bond acceptors (Lipinski definition) is 5. The number of carbonyl (C=O) groups excluding carboxylic acids is 1. The van der Waals surface area contributed by atoms with Crippen LogP contribution >= 0.6 is 11.3 Å². The summed E-state index contributed by atoms with van der Waals surface area (Å²) < 4.78 is 5.30. The lowest BCUT2D eigenvalue weighted by molar-refractivity contribution is 0.0985. The van der Waals surface area contributed by atoms with Crippen LogP contribution < -0.4 is 10.5 Å². The summed E-state index contributed by atoms with van der Waals surface area (Å²) in [5.74, 6) is 0.737. The Kier molecular flexibility index (Phi) is 4.16. The topological polar surface area (TPSA) is 65.2 Å². The van der Waals surface area contributed by atoms with E-state index in [0.29, 0.717) is 22.7 Å². The number of nitrogens with zero attached hydrogens (tertiary/aromatic N) is 1. The Morgan fingerprint density at radius 1 is 1.47 bits per heavy atom. The molecule has 0 saturated carbocycles. The standard InChI is InChI=1S/C14H16N2O2S/c1-3-5-11(17)12-8-16-14(19-12)9-6-4-7-10(15)13(9)18-2/h4,6-8H,3,5,15H2,1-2H3. The van der Waals surface area contributed by atoms with Gasteiger partial charge in [-0.25, -0.2) is 4.98 Å². The number of thiazole rings is 1. The lowest BCUT2D eigenvalue weighted by Gasteiger charge is -2.08. The molecule has 5 heteroatoms. The zero-order valence-corrected chi connectivity index (χ0v) is 11.8. The number of nitrogen functional groups attached to an aromatic ring is 1. The summed E-state index contributed by atoms with van der Waals surface area (Å²) in [6.07, 6.45) is 3.02. The summed E-state index contributed by atoms with van der Waals surface area (Å²) in [4.78, 5) is 16.8. The molecule has 2 aromatic rings. The van der Waals surface area contributed by atoms with Gasteiger partial charge in [-0.1, -0.05) is 13.0 Å². The average molecular weight is 276 g/mol. The SMILES string of the molecule is CCCC(=O)c1cnc(-c2cccc(N)c2OC)s1. The Balaban J connectivity index is 2.38. The molecular weight excluding hydrogens is 260 g/mol. The van der Waals surface area contributed by atoms with Gasteiger partial charge in [-0.2, -0.15) is 0 Å². The van der Waals surface area contributed by atoms with Crippen molar-refractivity contribution in [2.24, 2.45) is 0 Å². The van der Waals surface area contributed by atoms with Crippen molar-refractivity contribution in [1.82, 2.24) is 4.98 Å². The molecule has 0 fully saturated rings. The molecule has 0 atom stereocenters. The highest BCUT2D eigenvalue weighted by Crippen LogP contribution is 2.36. The maximum Gasteiger partial charge on any atom is 0.174 e. The van der Waals surface area contributed by atoms with Crippen LogP contribution in [0, 0.1) is 0 Å². The largest absolute Gasteiger partial charge is 0.494 e. The molecular formula is C14H16N2O2S. The van der Waals surface area contributed by atoms with E-state index in [2.05, 4.69) is 4.98 Å². The van der Waals surface area contributed by atoms with E-state index < -0.39 is 0 Å². The fourth-order valence-corrected chi connectivity index (χ4v) is 2.73. The zero-order chi connectivity index (χ0) is 13.8. The van der Waals surface area contributed by atoms with E-state index in [4.69, 9.17) is 10.5 Å². The normalized spacial score (nSPS) is 10.4. The molecule has 0 bridgehead atoms. The molecule has 0 aliphatic carbocycles. The molecule has 0 unspecified atom stereocenters. The smallest absolute Gasteiger partial charge is 0.174 e. The van der Waals surface area contributed by atoms with Gasteiger partial charge in [0, 0.05) is 12.6 Å². The fourth-order valence-electron chi connectivity index (χ4n) is 1.83. The third-order valence-electron chi connectivity index (χ3n) is 2.74. The van der Waals surface area contributed by atoms with Crippen molar-refractivity contribution in [2.75, 3.05) is 12.8 Å². The van der Waals surface area contributed by atoms with Crippen molar-refractivity contribution in [3.8, 4) is 16.3 Å². The maximum absolute atomic E-state index is 11.8. The van der Waals surface area contributed by atoms with Gasteiger partial charge in [-0.3, -0.25) is 4.79 Å². The number of nitrogens with two attached hydrogens (primary N) is 1. The Morgan fingerprint density at radius 3 is 2.95 bits per heavy atom. The molecule has 1 aromatic carbocycles. The zero-order valence-electron chi connectivity index (χ0n) is 11.0. The Bertz CT molecular complexity index is 593. The van der Waals surface area contributed by atoms with E-state index >= 15 is 0 Å². The molecule has 4 nitrogen and oxygen atoms in total. The van der Waals surface area contributed by atoms with Crippen LogP contribution in [0.15, 0.2) is 24.4 Å². The number of carbonyl (C=O) groups is 1. The monoisotopic (exact) mass is 276 g/mol. The second kappa shape index (κ2) is 5.84. The first-order chi connectivity index (χ1) is 9.17. The molecule has 0 aliphatic rings. The number of ketones is 1. The minimum absolute atomic E-state index is 0.133. The number of methoxy groups -OCH3 is 1. The second-order valence-corrected chi connectivity index (χ2v) is 5.16. The summed E-state index contributed by atoms with van der Waals surface area (Å²) >= 11 is 1.38. The summed E-state index contributed by atoms with van der Waals surface area (Å²) in [5.41, 5.74) is 7.26. The van der Waals surface area contributed by atoms with Gasteiger partial charge in [0.1, 0.15) is 5.01 Å². The van der Waals surface area contributed by atoms with E-state index in [-0.39, 0.29) is 5.78 Å². The van der Waals surface area contributed by atoms with Gasteiger partial charge < -0.3 is 10.5 Å². The van der Waals surface area contributed by atoms with Gasteiger partial charge in [0.25, 0.3) is 0 Å². The number of ether oxygens (including phenoxy) is 1. The minimum Gasteiger partial charge on any atom is -0.494 e. The third-order valence-corrected chi connectivity index (χ3v) is 3.81. The first-order valence-corrected chi connectivity index (χ1v) is 6.91. The van der Waals surface area contributed by atoms with Crippen molar-refractivity contribution < 1.29 is 9.53 Å². The molecule has 0 aliphatic heterocycles. The highest BCUT2D eigenvalue weighted by Gasteiger charge is 2.15. The summed E-state index contributed by atoms with van der Waals surface area (Å²) in [5, 5.41) is 0.753. The quantitative estimate of drug-likeness (QED) is 0.671. The molecule has 0 saturated heterocycles. The summed E-state index contributed by atoms with van der Waals surface area (Å²) in [6, 6.07) is 5.52. The second-order valence-electron chi connectivity index (χ2n) is 4.13. The Morgan fingerprint density at radius 2 is 2.26 bits per heavy atom. The predicted octanol–water partition coefficient (Wildman–Crippen LogP) is 3.38. The highest BCUT2D eigenvalue weighted by atomic mass is 32.1. The van der Waals surface area contributed by atoms with Crippen molar-refractivity contribution >= 4 is 22.8 Å². The third kappa shape index (κ3) is 2.76. The Labute approximate surface area is 116 Å². The van der Waals surface area contributed by atoms with Crippen molar-refractivity contribution in [1.29, 1.82) is 0 Å². The number of para-hydroxylation sites is 1. The molecule has 2 rings (SSSR count). The van der Waals surface area contributed by atoms with Crippen molar-refractivity contribution in [3.63, 3.8) is 0 Å². The van der Waals surface area contributed by atoms with Crippen LogP contribution in [0.4, 0.5) is 5.69 Å². The van der Waals surface area contributed by atoms with Gasteiger partial charge in [-0.05, 0) is 18.6 Å². The molecule has 1 aromatic heterocycles. The number of benzene rings is 1. The maximum atomic E-state index is 11.8. The molecule has 0 radical (unpaired) electrons.